The van der Waals surface area contributed by atoms with Crippen molar-refractivity contribution in [2.24, 2.45) is 5.92 Å². The van der Waals surface area contributed by atoms with E-state index in [1.54, 1.807) is 24.5 Å². The fourth-order valence-corrected chi connectivity index (χ4v) is 3.75. The minimum atomic E-state index is -2.95. The van der Waals surface area contributed by atoms with E-state index in [4.69, 9.17) is 4.74 Å². The van der Waals surface area contributed by atoms with Gasteiger partial charge in [-0.25, -0.2) is 8.42 Å². The molecule has 2 heterocycles. The predicted molar refractivity (Wildman–Crippen MR) is 62.5 cm³/mol. The number of rotatable bonds is 4. The van der Waals surface area contributed by atoms with E-state index >= 15 is 0 Å². The first kappa shape index (κ1) is 12.3. The van der Waals surface area contributed by atoms with E-state index in [9.17, 15) is 13.5 Å². The van der Waals surface area contributed by atoms with Gasteiger partial charge in [-0.3, -0.25) is 4.98 Å². The van der Waals surface area contributed by atoms with Gasteiger partial charge in [-0.05, 0) is 18.6 Å². The number of aliphatic hydroxyl groups is 1. The lowest BCUT2D eigenvalue weighted by Crippen LogP contribution is -2.28. The van der Waals surface area contributed by atoms with Crippen LogP contribution >= 0.6 is 0 Å². The molecule has 1 aliphatic heterocycles. The standard InChI is InChI=1S/C11H15NO4S/c13-11(9-3-5-17(14,15)8-9)7-16-10-2-1-4-12-6-10/h1-2,4,6,9,11,13H,3,5,7-8H2. The van der Waals surface area contributed by atoms with Crippen LogP contribution in [0.5, 0.6) is 5.75 Å². The molecule has 5 nitrogen and oxygen atoms in total. The van der Waals surface area contributed by atoms with Crippen LogP contribution in [0.15, 0.2) is 24.5 Å². The van der Waals surface area contributed by atoms with Crippen LogP contribution in [0.3, 0.4) is 0 Å². The predicted octanol–water partition coefficient (Wildman–Crippen LogP) is 0.256. The Labute approximate surface area is 100 Å². The summed E-state index contributed by atoms with van der Waals surface area (Å²) < 4.78 is 27.9. The number of sulfone groups is 1. The van der Waals surface area contributed by atoms with Gasteiger partial charge >= 0.3 is 0 Å². The summed E-state index contributed by atoms with van der Waals surface area (Å²) in [4.78, 5) is 3.88. The first-order valence-electron chi connectivity index (χ1n) is 5.48. The largest absolute Gasteiger partial charge is 0.489 e. The molecule has 2 rings (SSSR count). The van der Waals surface area contributed by atoms with Gasteiger partial charge in [0.25, 0.3) is 0 Å². The van der Waals surface area contributed by atoms with Crippen molar-refractivity contribution in [1.82, 2.24) is 4.98 Å². The molecular formula is C11H15NO4S. The molecule has 0 bridgehead atoms. The Balaban J connectivity index is 1.84. The third kappa shape index (κ3) is 3.41. The Morgan fingerprint density at radius 1 is 1.59 bits per heavy atom. The summed E-state index contributed by atoms with van der Waals surface area (Å²) in [5.41, 5.74) is 0. The van der Waals surface area contributed by atoms with Crippen molar-refractivity contribution < 1.29 is 18.3 Å². The maximum Gasteiger partial charge on any atom is 0.150 e. The average Bonchev–Trinajstić information content (AvgIpc) is 2.68. The molecule has 0 amide bonds. The molecular weight excluding hydrogens is 242 g/mol. The number of aromatic nitrogens is 1. The molecule has 1 aromatic rings. The van der Waals surface area contributed by atoms with Crippen molar-refractivity contribution in [3.63, 3.8) is 0 Å². The third-order valence-corrected chi connectivity index (χ3v) is 4.66. The highest BCUT2D eigenvalue weighted by Crippen LogP contribution is 2.22. The van der Waals surface area contributed by atoms with Gasteiger partial charge in [-0.1, -0.05) is 0 Å². The first-order chi connectivity index (χ1) is 8.07. The second kappa shape index (κ2) is 5.01. The highest BCUT2D eigenvalue weighted by atomic mass is 32.2. The van der Waals surface area contributed by atoms with Crippen LogP contribution in [-0.4, -0.2) is 42.7 Å². The molecule has 0 saturated carbocycles. The summed E-state index contributed by atoms with van der Waals surface area (Å²) in [6.45, 7) is 0.103. The lowest BCUT2D eigenvalue weighted by atomic mass is 10.0. The third-order valence-electron chi connectivity index (χ3n) is 2.87. The highest BCUT2D eigenvalue weighted by molar-refractivity contribution is 7.91. The molecule has 0 aliphatic carbocycles. The molecule has 1 aromatic heterocycles. The van der Waals surface area contributed by atoms with E-state index < -0.39 is 15.9 Å². The summed E-state index contributed by atoms with van der Waals surface area (Å²) in [7, 11) is -2.95. The van der Waals surface area contributed by atoms with Gasteiger partial charge in [0.1, 0.15) is 12.4 Å². The number of hydrogen-bond acceptors (Lipinski definition) is 5. The van der Waals surface area contributed by atoms with E-state index in [2.05, 4.69) is 4.98 Å². The van der Waals surface area contributed by atoms with Gasteiger partial charge in [0.2, 0.25) is 0 Å². The molecule has 2 unspecified atom stereocenters. The maximum absolute atomic E-state index is 11.3. The lowest BCUT2D eigenvalue weighted by molar-refractivity contribution is 0.0660. The van der Waals surface area contributed by atoms with E-state index in [0.29, 0.717) is 12.2 Å². The van der Waals surface area contributed by atoms with Crippen LogP contribution in [0.1, 0.15) is 6.42 Å². The van der Waals surface area contributed by atoms with Crippen LogP contribution in [0.4, 0.5) is 0 Å². The second-order valence-electron chi connectivity index (χ2n) is 4.23. The number of aliphatic hydroxyl groups excluding tert-OH is 1. The van der Waals surface area contributed by atoms with Crippen LogP contribution in [0.2, 0.25) is 0 Å². The summed E-state index contributed by atoms with van der Waals surface area (Å²) in [5, 5.41) is 9.83. The van der Waals surface area contributed by atoms with Gasteiger partial charge in [0.15, 0.2) is 9.84 Å². The molecule has 17 heavy (non-hydrogen) atoms. The Kier molecular flexibility index (Phi) is 3.63. The molecule has 1 fully saturated rings. The van der Waals surface area contributed by atoms with Crippen molar-refractivity contribution in [3.05, 3.63) is 24.5 Å². The Hall–Kier alpha value is -1.14. The van der Waals surface area contributed by atoms with Crippen LogP contribution < -0.4 is 4.74 Å². The Morgan fingerprint density at radius 3 is 3.00 bits per heavy atom. The molecule has 2 atom stereocenters. The van der Waals surface area contributed by atoms with Gasteiger partial charge in [0.05, 0.1) is 23.8 Å². The monoisotopic (exact) mass is 257 g/mol. The van der Waals surface area contributed by atoms with E-state index in [1.165, 1.54) is 0 Å². The summed E-state index contributed by atoms with van der Waals surface area (Å²) in [6, 6.07) is 3.48. The van der Waals surface area contributed by atoms with E-state index in [1.807, 2.05) is 0 Å². The van der Waals surface area contributed by atoms with Crippen LogP contribution in [0.25, 0.3) is 0 Å². The summed E-state index contributed by atoms with van der Waals surface area (Å²) in [5.74, 6) is 0.593. The lowest BCUT2D eigenvalue weighted by Gasteiger charge is -2.16. The number of nitrogens with zero attached hydrogens (tertiary/aromatic N) is 1. The molecule has 94 valence electrons. The minimum Gasteiger partial charge on any atom is -0.489 e. The van der Waals surface area contributed by atoms with Crippen molar-refractivity contribution >= 4 is 9.84 Å². The molecule has 1 aliphatic rings. The Bertz CT molecular complexity index is 460. The fourth-order valence-electron chi connectivity index (χ4n) is 1.88. The van der Waals surface area contributed by atoms with Gasteiger partial charge < -0.3 is 9.84 Å². The number of pyridine rings is 1. The van der Waals surface area contributed by atoms with Gasteiger partial charge in [-0.15, -0.1) is 0 Å². The molecule has 0 spiro atoms. The van der Waals surface area contributed by atoms with E-state index in [0.717, 1.165) is 0 Å². The zero-order chi connectivity index (χ0) is 12.3. The van der Waals surface area contributed by atoms with Crippen molar-refractivity contribution in [2.45, 2.75) is 12.5 Å². The summed E-state index contributed by atoms with van der Waals surface area (Å²) in [6.07, 6.45) is 2.96. The summed E-state index contributed by atoms with van der Waals surface area (Å²) >= 11 is 0. The van der Waals surface area contributed by atoms with Crippen molar-refractivity contribution in [2.75, 3.05) is 18.1 Å². The van der Waals surface area contributed by atoms with Gasteiger partial charge in [0, 0.05) is 12.1 Å². The highest BCUT2D eigenvalue weighted by Gasteiger charge is 2.33. The normalized spacial score (nSPS) is 24.4. The zero-order valence-corrected chi connectivity index (χ0v) is 10.1. The van der Waals surface area contributed by atoms with E-state index in [-0.39, 0.29) is 24.0 Å². The van der Waals surface area contributed by atoms with Crippen molar-refractivity contribution in [1.29, 1.82) is 0 Å². The zero-order valence-electron chi connectivity index (χ0n) is 9.32. The molecule has 0 radical (unpaired) electrons. The van der Waals surface area contributed by atoms with Crippen molar-refractivity contribution in [3.8, 4) is 5.75 Å². The Morgan fingerprint density at radius 2 is 2.41 bits per heavy atom. The molecule has 1 saturated heterocycles. The number of ether oxygens (including phenoxy) is 1. The minimum absolute atomic E-state index is 0.0601. The smallest absolute Gasteiger partial charge is 0.150 e. The SMILES string of the molecule is O=S1(=O)CCC(C(O)COc2cccnc2)C1. The fraction of sp³-hybridized carbons (Fsp3) is 0.545. The quantitative estimate of drug-likeness (QED) is 0.837. The first-order valence-corrected chi connectivity index (χ1v) is 7.30. The molecule has 0 aromatic carbocycles. The average molecular weight is 257 g/mol. The topological polar surface area (TPSA) is 76.5 Å². The molecule has 1 N–H and O–H groups in total. The van der Waals surface area contributed by atoms with Gasteiger partial charge in [-0.2, -0.15) is 0 Å². The van der Waals surface area contributed by atoms with Crippen LogP contribution in [0, 0.1) is 5.92 Å². The van der Waals surface area contributed by atoms with Crippen LogP contribution in [-0.2, 0) is 9.84 Å². The number of hydrogen-bond donors (Lipinski definition) is 1. The maximum atomic E-state index is 11.3. The second-order valence-corrected chi connectivity index (χ2v) is 6.46. The molecule has 6 heteroatoms.